The molecule has 2 heterocycles. The Labute approximate surface area is 160 Å². The normalized spacial score (nSPS) is 21.9. The molecule has 1 atom stereocenters. The molecule has 0 bridgehead atoms. The van der Waals surface area contributed by atoms with Crippen LogP contribution in [0.25, 0.3) is 0 Å². The van der Waals surface area contributed by atoms with Crippen LogP contribution in [0.4, 0.5) is 4.79 Å². The van der Waals surface area contributed by atoms with Crippen molar-refractivity contribution in [3.63, 3.8) is 0 Å². The first kappa shape index (κ1) is 19.8. The fourth-order valence-corrected chi connectivity index (χ4v) is 4.95. The molecule has 0 radical (unpaired) electrons. The fourth-order valence-electron chi connectivity index (χ4n) is 3.55. The number of likely N-dealkylation sites (tertiary alicyclic amines) is 1. The monoisotopic (exact) mass is 394 g/mol. The van der Waals surface area contributed by atoms with Gasteiger partial charge < -0.3 is 4.90 Å². The van der Waals surface area contributed by atoms with Crippen molar-refractivity contribution in [2.75, 3.05) is 33.7 Å². The fraction of sp³-hybridized carbons (Fsp3) is 0.556. The summed E-state index contributed by atoms with van der Waals surface area (Å²) in [6.45, 7) is 2.89. The maximum absolute atomic E-state index is 12.7. The first-order valence-corrected chi connectivity index (χ1v) is 10.6. The molecule has 1 aromatic rings. The lowest BCUT2D eigenvalue weighted by molar-refractivity contribution is -0.129. The number of nitrogens with zero attached hydrogens (tertiary/aromatic N) is 3. The van der Waals surface area contributed by atoms with Crippen LogP contribution in [0.1, 0.15) is 24.0 Å². The summed E-state index contributed by atoms with van der Waals surface area (Å²) in [7, 11) is -1.13. The molecular formula is C18H26N4O4S. The lowest BCUT2D eigenvalue weighted by Crippen LogP contribution is -2.60. The van der Waals surface area contributed by atoms with E-state index < -0.39 is 27.2 Å². The van der Waals surface area contributed by atoms with Crippen LogP contribution in [0.2, 0.25) is 0 Å². The van der Waals surface area contributed by atoms with Crippen LogP contribution in [-0.2, 0) is 27.9 Å². The summed E-state index contributed by atoms with van der Waals surface area (Å²) in [5.74, 6) is -0.698. The lowest BCUT2D eigenvalue weighted by Gasteiger charge is -2.34. The van der Waals surface area contributed by atoms with Gasteiger partial charge in [-0.1, -0.05) is 24.3 Å². The number of hydrogen-bond acceptors (Lipinski definition) is 5. The molecule has 1 N–H and O–H groups in total. The molecule has 9 heteroatoms. The van der Waals surface area contributed by atoms with Crippen molar-refractivity contribution in [2.24, 2.45) is 0 Å². The number of sulfonamides is 1. The average Bonchev–Trinajstić information content (AvgIpc) is 3.15. The van der Waals surface area contributed by atoms with Crippen molar-refractivity contribution in [2.45, 2.75) is 31.2 Å². The summed E-state index contributed by atoms with van der Waals surface area (Å²) in [4.78, 5) is 28.6. The second-order valence-corrected chi connectivity index (χ2v) is 9.11. The highest BCUT2D eigenvalue weighted by Gasteiger charge is 2.42. The Bertz CT molecular complexity index is 820. The van der Waals surface area contributed by atoms with Gasteiger partial charge in [-0.2, -0.15) is 0 Å². The Balaban J connectivity index is 1.70. The topological polar surface area (TPSA) is 90.0 Å². The van der Waals surface area contributed by atoms with Crippen LogP contribution < -0.4 is 4.72 Å². The van der Waals surface area contributed by atoms with Gasteiger partial charge in [0.2, 0.25) is 10.0 Å². The average molecular weight is 394 g/mol. The van der Waals surface area contributed by atoms with Gasteiger partial charge in [0.25, 0.3) is 5.91 Å². The predicted molar refractivity (Wildman–Crippen MR) is 101 cm³/mol. The van der Waals surface area contributed by atoms with Gasteiger partial charge in [-0.15, -0.1) is 0 Å². The third-order valence-corrected chi connectivity index (χ3v) is 6.86. The Kier molecular flexibility index (Phi) is 5.83. The van der Waals surface area contributed by atoms with E-state index in [1.165, 1.54) is 31.8 Å². The number of carbonyl (C=O) groups excluding carboxylic acids is 2. The molecule has 0 aliphatic carbocycles. The van der Waals surface area contributed by atoms with Crippen LogP contribution in [0.15, 0.2) is 24.3 Å². The third kappa shape index (κ3) is 4.31. The standard InChI is InChI=1S/C18H26N4O4S/c1-20-13-16(17(23)21(2)18(20)24)27(25,26)19-11-14-7-3-4-8-15(14)12-22-9-5-6-10-22/h3-4,7-8,16,19H,5-6,9-13H2,1-2H3. The number of hydrogen-bond donors (Lipinski definition) is 1. The largest absolute Gasteiger partial charge is 0.326 e. The number of nitrogens with one attached hydrogen (secondary N) is 1. The van der Waals surface area contributed by atoms with Crippen LogP contribution in [0, 0.1) is 0 Å². The van der Waals surface area contributed by atoms with Crippen molar-refractivity contribution in [1.29, 1.82) is 0 Å². The summed E-state index contributed by atoms with van der Waals surface area (Å²) in [6, 6.07) is 7.24. The minimum atomic E-state index is -3.91. The molecule has 0 saturated carbocycles. The zero-order valence-electron chi connectivity index (χ0n) is 15.7. The summed E-state index contributed by atoms with van der Waals surface area (Å²) in [5.41, 5.74) is 1.98. The van der Waals surface area contributed by atoms with E-state index in [9.17, 15) is 18.0 Å². The van der Waals surface area contributed by atoms with E-state index in [0.29, 0.717) is 0 Å². The molecule has 8 nitrogen and oxygen atoms in total. The zero-order chi connectivity index (χ0) is 19.6. The smallest absolute Gasteiger partial charge is 0.325 e. The van der Waals surface area contributed by atoms with E-state index in [1.54, 1.807) is 0 Å². The molecule has 2 fully saturated rings. The van der Waals surface area contributed by atoms with Crippen LogP contribution >= 0.6 is 0 Å². The molecule has 2 aliphatic rings. The Morgan fingerprint density at radius 3 is 2.37 bits per heavy atom. The molecule has 1 unspecified atom stereocenters. The molecular weight excluding hydrogens is 368 g/mol. The van der Waals surface area contributed by atoms with Gasteiger partial charge >= 0.3 is 6.03 Å². The molecule has 0 spiro atoms. The van der Waals surface area contributed by atoms with Crippen LogP contribution in [0.5, 0.6) is 0 Å². The van der Waals surface area contributed by atoms with Crippen molar-refractivity contribution in [1.82, 2.24) is 19.4 Å². The van der Waals surface area contributed by atoms with Crippen LogP contribution in [-0.4, -0.2) is 74.0 Å². The predicted octanol–water partition coefficient (Wildman–Crippen LogP) is 0.594. The minimum Gasteiger partial charge on any atom is -0.325 e. The van der Waals surface area contributed by atoms with E-state index in [1.807, 2.05) is 24.3 Å². The highest BCUT2D eigenvalue weighted by Crippen LogP contribution is 2.18. The van der Waals surface area contributed by atoms with Gasteiger partial charge in [-0.3, -0.25) is 14.6 Å². The van der Waals surface area contributed by atoms with Gasteiger partial charge in [0.15, 0.2) is 5.25 Å². The van der Waals surface area contributed by atoms with Gasteiger partial charge in [0, 0.05) is 33.7 Å². The van der Waals surface area contributed by atoms with Crippen molar-refractivity contribution < 1.29 is 18.0 Å². The Hall–Kier alpha value is -1.97. The number of imide groups is 1. The number of rotatable bonds is 6. The van der Waals surface area contributed by atoms with E-state index in [2.05, 4.69) is 9.62 Å². The first-order chi connectivity index (χ1) is 12.8. The number of carbonyl (C=O) groups is 2. The summed E-state index contributed by atoms with van der Waals surface area (Å²) >= 11 is 0. The SMILES string of the molecule is CN1CC(S(=O)(=O)NCc2ccccc2CN2CCCC2)C(=O)N(C)C1=O. The molecule has 148 valence electrons. The van der Waals surface area contributed by atoms with Gasteiger partial charge in [0.1, 0.15) is 0 Å². The molecule has 2 saturated heterocycles. The first-order valence-electron chi connectivity index (χ1n) is 9.10. The molecule has 27 heavy (non-hydrogen) atoms. The molecule has 3 rings (SSSR count). The molecule has 0 aromatic heterocycles. The second-order valence-electron chi connectivity index (χ2n) is 7.17. The molecule has 3 amide bonds. The maximum Gasteiger partial charge on any atom is 0.326 e. The number of benzene rings is 1. The summed E-state index contributed by atoms with van der Waals surface area (Å²) < 4.78 is 28.0. The number of urea groups is 1. The van der Waals surface area contributed by atoms with Crippen molar-refractivity contribution >= 4 is 22.0 Å². The molecule has 1 aromatic carbocycles. The van der Waals surface area contributed by atoms with Gasteiger partial charge in [-0.05, 0) is 37.1 Å². The number of amides is 3. The third-order valence-electron chi connectivity index (χ3n) is 5.21. The van der Waals surface area contributed by atoms with Crippen molar-refractivity contribution in [3.05, 3.63) is 35.4 Å². The second kappa shape index (κ2) is 7.95. The molecule has 2 aliphatic heterocycles. The van der Waals surface area contributed by atoms with E-state index in [-0.39, 0.29) is 13.1 Å². The lowest BCUT2D eigenvalue weighted by atomic mass is 10.1. The summed E-state index contributed by atoms with van der Waals surface area (Å²) in [5, 5.41) is -1.30. The van der Waals surface area contributed by atoms with Gasteiger partial charge in [0.05, 0.1) is 0 Å². The minimum absolute atomic E-state index is 0.123. The van der Waals surface area contributed by atoms with E-state index in [0.717, 1.165) is 35.7 Å². The Morgan fingerprint density at radius 1 is 1.07 bits per heavy atom. The van der Waals surface area contributed by atoms with E-state index >= 15 is 0 Å². The Morgan fingerprint density at radius 2 is 1.70 bits per heavy atom. The quantitative estimate of drug-likeness (QED) is 0.763. The summed E-state index contributed by atoms with van der Waals surface area (Å²) in [6.07, 6.45) is 2.39. The van der Waals surface area contributed by atoms with Gasteiger partial charge in [-0.25, -0.2) is 17.9 Å². The highest BCUT2D eigenvalue weighted by atomic mass is 32.2. The van der Waals surface area contributed by atoms with Crippen molar-refractivity contribution in [3.8, 4) is 0 Å². The maximum atomic E-state index is 12.7. The van der Waals surface area contributed by atoms with E-state index in [4.69, 9.17) is 0 Å². The zero-order valence-corrected chi connectivity index (χ0v) is 16.5. The highest BCUT2D eigenvalue weighted by molar-refractivity contribution is 7.90. The van der Waals surface area contributed by atoms with Crippen LogP contribution in [0.3, 0.4) is 0 Å².